The van der Waals surface area contributed by atoms with Crippen LogP contribution in [0.25, 0.3) is 0 Å². The highest BCUT2D eigenvalue weighted by Crippen LogP contribution is 2.45. The van der Waals surface area contributed by atoms with Crippen molar-refractivity contribution in [3.63, 3.8) is 0 Å². The number of phosphoric acid groups is 2. The van der Waals surface area contributed by atoms with Gasteiger partial charge >= 0.3 is 39.5 Å². The molecule has 0 saturated heterocycles. The van der Waals surface area contributed by atoms with Crippen molar-refractivity contribution in [1.82, 2.24) is 0 Å². The van der Waals surface area contributed by atoms with Gasteiger partial charge in [0.25, 0.3) is 0 Å². The molecule has 0 spiro atoms. The maximum Gasteiger partial charge on any atom is 0.472 e. The Bertz CT molecular complexity index is 2850. The van der Waals surface area contributed by atoms with Crippen LogP contribution >= 0.6 is 15.6 Å². The average Bonchev–Trinajstić information content (AvgIpc) is 0.900. The summed E-state index contributed by atoms with van der Waals surface area (Å²) < 4.78 is 68.6. The molecular weight excluding hydrogens is 1430 g/mol. The first-order valence-electron chi connectivity index (χ1n) is 41.7. The van der Waals surface area contributed by atoms with E-state index in [0.717, 1.165) is 141 Å². The number of hydrogen-bond acceptors (Lipinski definition) is 15. The molecule has 110 heavy (non-hydrogen) atoms. The molecule has 3 N–H and O–H groups in total. The first-order chi connectivity index (χ1) is 53.7. The summed E-state index contributed by atoms with van der Waals surface area (Å²) in [6.45, 7) is 4.33. The van der Waals surface area contributed by atoms with Crippen molar-refractivity contribution in [1.29, 1.82) is 0 Å². The summed E-state index contributed by atoms with van der Waals surface area (Å²) in [4.78, 5) is 73.1. The standard InChI is InChI=1S/C91H146O17P2/c1-5-9-13-17-21-25-29-33-37-40-42-45-49-52-56-60-64-68-72-76-89(94)102-82-87(108-91(96)78-74-70-66-62-58-54-50-46-43-41-38-34-30-26-22-18-14-10-6-2)84-106-110(99,100)104-80-85(92)79-103-109(97,98)105-83-86(107-90(95)77-73-69-65-61-57-53-47-36-32-28-24-20-16-12-8-4)81-101-88(93)75-71-67-63-59-55-51-48-44-39-35-31-27-23-19-15-11-7-3/h9-11,13-15,21-23,25-27,33-35,37-39,42-43,45-46,48,51-52,54,56,58,64,66,68,70,85-87,92H,5-8,12,16-20,24,28-32,36,40-41,44,47,49-50,53,55,57,59-63,65,67,69,71-84H2,1-4H3,(H,97,98)(H,99,100)/b13-9-,14-10-,15-11-,25-21-,26-22-,27-23-,37-33-,38-34-,39-35-,45-42-,46-43-,51-48-,56-52-,58-54-,68-64-,70-66-. The number of ether oxygens (including phenoxy) is 4. The van der Waals surface area contributed by atoms with E-state index in [2.05, 4.69) is 186 Å². The van der Waals surface area contributed by atoms with Gasteiger partial charge in [-0.1, -0.05) is 325 Å². The Hall–Kier alpha value is -6.10. The number of hydrogen-bond donors (Lipinski definition) is 3. The summed E-state index contributed by atoms with van der Waals surface area (Å²) in [6.07, 6.45) is 100. The number of rotatable bonds is 76. The second kappa shape index (κ2) is 80.9. The quantitative estimate of drug-likeness (QED) is 0.0169. The number of unbranched alkanes of at least 4 members (excludes halogenated alkanes) is 18. The number of allylic oxidation sites excluding steroid dienone is 32. The van der Waals surface area contributed by atoms with Crippen molar-refractivity contribution in [2.45, 2.75) is 316 Å². The molecule has 0 radical (unpaired) electrons. The molecule has 5 unspecified atom stereocenters. The number of esters is 4. The molecule has 19 heteroatoms. The summed E-state index contributed by atoms with van der Waals surface area (Å²) in [5.41, 5.74) is 0. The summed E-state index contributed by atoms with van der Waals surface area (Å²) in [7, 11) is -10.0. The minimum Gasteiger partial charge on any atom is -0.462 e. The second-order valence-corrected chi connectivity index (χ2v) is 29.8. The normalized spacial score (nSPS) is 14.8. The molecule has 0 aromatic rings. The van der Waals surface area contributed by atoms with Crippen LogP contribution in [-0.2, 0) is 65.4 Å². The second-order valence-electron chi connectivity index (χ2n) is 26.9. The lowest BCUT2D eigenvalue weighted by molar-refractivity contribution is -0.161. The van der Waals surface area contributed by atoms with Crippen LogP contribution in [0.2, 0.25) is 0 Å². The van der Waals surface area contributed by atoms with Gasteiger partial charge in [-0.25, -0.2) is 9.13 Å². The number of carbonyl (C=O) groups is 4. The molecule has 0 heterocycles. The van der Waals surface area contributed by atoms with Gasteiger partial charge in [-0.3, -0.25) is 37.3 Å². The van der Waals surface area contributed by atoms with Crippen molar-refractivity contribution in [3.05, 3.63) is 194 Å². The summed E-state index contributed by atoms with van der Waals surface area (Å²) in [5, 5.41) is 10.7. The molecule has 0 bridgehead atoms. The SMILES string of the molecule is CC/C=C\C/C=C\C/C=C\C/C=C\C/C=C\C/C=C\CCC(=O)OCC(COP(=O)(O)OCC(O)COP(=O)(O)OCC(COC(=O)CCCCCC/C=C\C/C=C\C/C=C\C/C=C\CC)OC(=O)CCCCCCCCCCCCCCCCC)OC(=O)CC/C=C\C/C=C\C/C=C\C/C=C\C/C=C\C/C=C\CC. The highest BCUT2D eigenvalue weighted by atomic mass is 31.2. The van der Waals surface area contributed by atoms with Crippen LogP contribution in [0, 0.1) is 0 Å². The van der Waals surface area contributed by atoms with Gasteiger partial charge in [0.1, 0.15) is 19.3 Å². The summed E-state index contributed by atoms with van der Waals surface area (Å²) in [6, 6.07) is 0. The molecule has 0 fully saturated rings. The zero-order valence-electron chi connectivity index (χ0n) is 68.1. The number of carbonyl (C=O) groups excluding carboxylic acids is 4. The van der Waals surface area contributed by atoms with E-state index in [-0.39, 0.29) is 25.7 Å². The van der Waals surface area contributed by atoms with Crippen molar-refractivity contribution in [3.8, 4) is 0 Å². The van der Waals surface area contributed by atoms with Crippen molar-refractivity contribution in [2.75, 3.05) is 39.6 Å². The van der Waals surface area contributed by atoms with Crippen LogP contribution in [-0.4, -0.2) is 96.7 Å². The van der Waals surface area contributed by atoms with Crippen LogP contribution in [0.4, 0.5) is 0 Å². The van der Waals surface area contributed by atoms with Crippen LogP contribution in [0.5, 0.6) is 0 Å². The maximum absolute atomic E-state index is 13.1. The first-order valence-corrected chi connectivity index (χ1v) is 44.7. The minimum absolute atomic E-state index is 0.0123. The van der Waals surface area contributed by atoms with Crippen molar-refractivity contribution >= 4 is 39.5 Å². The lowest BCUT2D eigenvalue weighted by atomic mass is 10.0. The highest BCUT2D eigenvalue weighted by molar-refractivity contribution is 7.47. The number of aliphatic hydroxyl groups excluding tert-OH is 1. The molecule has 0 aromatic carbocycles. The zero-order chi connectivity index (χ0) is 80.3. The predicted molar refractivity (Wildman–Crippen MR) is 454 cm³/mol. The Morgan fingerprint density at radius 3 is 0.800 bits per heavy atom. The average molecular weight is 1570 g/mol. The predicted octanol–water partition coefficient (Wildman–Crippen LogP) is 24.9. The van der Waals surface area contributed by atoms with Gasteiger partial charge in [-0.15, -0.1) is 0 Å². The zero-order valence-corrected chi connectivity index (χ0v) is 69.9. The monoisotopic (exact) mass is 1570 g/mol. The third kappa shape index (κ3) is 80.0. The van der Waals surface area contributed by atoms with Gasteiger partial charge in [0.05, 0.1) is 26.4 Å². The smallest absolute Gasteiger partial charge is 0.462 e. The third-order valence-electron chi connectivity index (χ3n) is 16.6. The van der Waals surface area contributed by atoms with E-state index in [1.54, 1.807) is 0 Å². The Morgan fingerprint density at radius 2 is 0.491 bits per heavy atom. The van der Waals surface area contributed by atoms with Gasteiger partial charge in [-0.05, 0) is 141 Å². The Morgan fingerprint density at radius 1 is 0.264 bits per heavy atom. The largest absolute Gasteiger partial charge is 0.472 e. The van der Waals surface area contributed by atoms with Gasteiger partial charge in [0.2, 0.25) is 0 Å². The topological polar surface area (TPSA) is 237 Å². The van der Waals surface area contributed by atoms with Crippen LogP contribution < -0.4 is 0 Å². The lowest BCUT2D eigenvalue weighted by Gasteiger charge is -2.21. The van der Waals surface area contributed by atoms with Gasteiger partial charge < -0.3 is 33.8 Å². The fourth-order valence-electron chi connectivity index (χ4n) is 10.4. The molecule has 0 saturated carbocycles. The highest BCUT2D eigenvalue weighted by Gasteiger charge is 2.30. The third-order valence-corrected chi connectivity index (χ3v) is 18.5. The Labute approximate surface area is 666 Å². The first kappa shape index (κ1) is 104. The maximum atomic E-state index is 13.1. The van der Waals surface area contributed by atoms with Crippen LogP contribution in [0.15, 0.2) is 194 Å². The van der Waals surface area contributed by atoms with E-state index < -0.39 is 97.5 Å². The number of aliphatic hydroxyl groups is 1. The molecule has 0 aromatic heterocycles. The van der Waals surface area contributed by atoms with E-state index in [1.165, 1.54) is 64.2 Å². The van der Waals surface area contributed by atoms with Gasteiger partial charge in [0, 0.05) is 25.7 Å². The molecule has 0 aliphatic carbocycles. The van der Waals surface area contributed by atoms with Gasteiger partial charge in [0.15, 0.2) is 12.2 Å². The van der Waals surface area contributed by atoms with E-state index in [4.69, 9.17) is 37.0 Å². The molecule has 0 amide bonds. The van der Waals surface area contributed by atoms with E-state index in [9.17, 15) is 43.2 Å². The molecule has 0 rings (SSSR count). The van der Waals surface area contributed by atoms with Gasteiger partial charge in [-0.2, -0.15) is 0 Å². The van der Waals surface area contributed by atoms with Crippen molar-refractivity contribution in [2.24, 2.45) is 0 Å². The summed E-state index contributed by atoms with van der Waals surface area (Å²) >= 11 is 0. The molecule has 5 atom stereocenters. The molecule has 17 nitrogen and oxygen atoms in total. The molecule has 622 valence electrons. The minimum atomic E-state index is -5.03. The molecular formula is C91H146O17P2. The van der Waals surface area contributed by atoms with Crippen LogP contribution in [0.1, 0.15) is 297 Å². The summed E-state index contributed by atoms with van der Waals surface area (Å²) in [5.74, 6) is -2.41. The molecule has 0 aliphatic heterocycles. The van der Waals surface area contributed by atoms with E-state index in [0.29, 0.717) is 38.5 Å². The Balaban J connectivity index is 5.55. The van der Waals surface area contributed by atoms with E-state index in [1.807, 2.05) is 36.5 Å². The molecule has 0 aliphatic rings. The fraction of sp³-hybridized carbons (Fsp3) is 0.604. The lowest BCUT2D eigenvalue weighted by Crippen LogP contribution is -2.30. The number of phosphoric ester groups is 2. The van der Waals surface area contributed by atoms with Crippen molar-refractivity contribution < 1.29 is 80.2 Å². The fourth-order valence-corrected chi connectivity index (χ4v) is 12.0. The van der Waals surface area contributed by atoms with E-state index >= 15 is 0 Å². The Kier molecular flexibility index (Phi) is 76.4. The van der Waals surface area contributed by atoms with Crippen LogP contribution in [0.3, 0.4) is 0 Å².